The number of nitrogens with zero attached hydrogens (tertiary/aromatic N) is 3. The third-order valence-electron chi connectivity index (χ3n) is 3.89. The first-order valence-corrected chi connectivity index (χ1v) is 7.12. The van der Waals surface area contributed by atoms with Crippen molar-refractivity contribution in [1.82, 2.24) is 14.8 Å². The Balaban J connectivity index is 1.89. The highest BCUT2D eigenvalue weighted by atomic mass is 16.4. The van der Waals surface area contributed by atoms with Crippen LogP contribution in [-0.2, 0) is 26.4 Å². The number of carboxylic acids is 1. The molecule has 6 nitrogen and oxygen atoms in total. The van der Waals surface area contributed by atoms with Crippen molar-refractivity contribution in [3.05, 3.63) is 40.8 Å². The summed E-state index contributed by atoms with van der Waals surface area (Å²) in [5.41, 5.74) is 3.33. The lowest BCUT2D eigenvalue weighted by molar-refractivity contribution is 0.0697. The van der Waals surface area contributed by atoms with Gasteiger partial charge in [-0.2, -0.15) is 5.10 Å². The lowest BCUT2D eigenvalue weighted by Crippen LogP contribution is -2.15. The number of aromatic nitrogens is 3. The molecule has 2 N–H and O–H groups in total. The number of carboxylic acid groups (broad SMARTS) is 1. The SMILES string of the molecule is Cn1nccc1CNc1nc2c(cc1C(=O)O)CCCC2. The number of anilines is 1. The Hall–Kier alpha value is -2.37. The van der Waals surface area contributed by atoms with Gasteiger partial charge >= 0.3 is 5.97 Å². The molecule has 2 heterocycles. The number of hydrogen-bond donors (Lipinski definition) is 2. The van der Waals surface area contributed by atoms with Gasteiger partial charge in [-0.15, -0.1) is 0 Å². The van der Waals surface area contributed by atoms with Gasteiger partial charge in [0.1, 0.15) is 11.4 Å². The molecule has 2 aromatic heterocycles. The number of pyridine rings is 1. The zero-order valence-electron chi connectivity index (χ0n) is 12.0. The van der Waals surface area contributed by atoms with E-state index in [0.717, 1.165) is 42.6 Å². The quantitative estimate of drug-likeness (QED) is 0.898. The first kappa shape index (κ1) is 13.6. The van der Waals surface area contributed by atoms with Crippen molar-refractivity contribution in [3.8, 4) is 0 Å². The molecule has 1 aliphatic rings. The van der Waals surface area contributed by atoms with Crippen molar-refractivity contribution in [2.75, 3.05) is 5.32 Å². The molecule has 6 heteroatoms. The first-order chi connectivity index (χ1) is 10.1. The monoisotopic (exact) mass is 286 g/mol. The van der Waals surface area contributed by atoms with Gasteiger partial charge < -0.3 is 10.4 Å². The average Bonchev–Trinajstić information content (AvgIpc) is 2.89. The van der Waals surface area contributed by atoms with Crippen molar-refractivity contribution < 1.29 is 9.90 Å². The van der Waals surface area contributed by atoms with Crippen LogP contribution in [0.5, 0.6) is 0 Å². The van der Waals surface area contributed by atoms with Gasteiger partial charge in [0.15, 0.2) is 0 Å². The molecule has 0 fully saturated rings. The molecule has 0 spiro atoms. The maximum atomic E-state index is 11.4. The van der Waals surface area contributed by atoms with Crippen LogP contribution in [0.2, 0.25) is 0 Å². The Kier molecular flexibility index (Phi) is 3.60. The molecule has 2 aromatic rings. The van der Waals surface area contributed by atoms with Crippen LogP contribution < -0.4 is 5.32 Å². The van der Waals surface area contributed by atoms with Crippen LogP contribution in [0, 0.1) is 0 Å². The Morgan fingerprint density at radius 1 is 1.43 bits per heavy atom. The van der Waals surface area contributed by atoms with Crippen LogP contribution in [0.25, 0.3) is 0 Å². The molecular weight excluding hydrogens is 268 g/mol. The minimum Gasteiger partial charge on any atom is -0.478 e. The second-order valence-electron chi connectivity index (χ2n) is 5.30. The van der Waals surface area contributed by atoms with Crippen LogP contribution in [0.3, 0.4) is 0 Å². The fourth-order valence-electron chi connectivity index (χ4n) is 2.68. The molecule has 0 saturated heterocycles. The predicted molar refractivity (Wildman–Crippen MR) is 78.4 cm³/mol. The zero-order chi connectivity index (χ0) is 14.8. The van der Waals surface area contributed by atoms with E-state index in [1.54, 1.807) is 16.9 Å². The maximum absolute atomic E-state index is 11.4. The summed E-state index contributed by atoms with van der Waals surface area (Å²) in [5, 5.41) is 16.6. The fourth-order valence-corrected chi connectivity index (χ4v) is 2.68. The van der Waals surface area contributed by atoms with Gasteiger partial charge in [0.2, 0.25) is 0 Å². The van der Waals surface area contributed by atoms with Gasteiger partial charge in [-0.1, -0.05) is 0 Å². The van der Waals surface area contributed by atoms with Crippen LogP contribution in [-0.4, -0.2) is 25.8 Å². The normalized spacial score (nSPS) is 13.8. The summed E-state index contributed by atoms with van der Waals surface area (Å²) in [5.74, 6) is -0.493. The highest BCUT2D eigenvalue weighted by molar-refractivity contribution is 5.93. The summed E-state index contributed by atoms with van der Waals surface area (Å²) >= 11 is 0. The molecule has 0 aliphatic heterocycles. The predicted octanol–water partition coefficient (Wildman–Crippen LogP) is 2.00. The van der Waals surface area contributed by atoms with Crippen molar-refractivity contribution in [1.29, 1.82) is 0 Å². The topological polar surface area (TPSA) is 80.0 Å². The maximum Gasteiger partial charge on any atom is 0.339 e. The Morgan fingerprint density at radius 2 is 2.24 bits per heavy atom. The van der Waals surface area contributed by atoms with E-state index in [1.807, 2.05) is 13.1 Å². The van der Waals surface area contributed by atoms with Crippen LogP contribution in [0.4, 0.5) is 5.82 Å². The van der Waals surface area contributed by atoms with Crippen molar-refractivity contribution >= 4 is 11.8 Å². The standard InChI is InChI=1S/C15H18N4O2/c1-19-11(6-7-17-19)9-16-14-12(15(20)21)8-10-4-2-3-5-13(10)18-14/h6-8H,2-5,9H2,1H3,(H,16,18)(H,20,21). The molecule has 21 heavy (non-hydrogen) atoms. The van der Waals surface area contributed by atoms with Gasteiger partial charge in [-0.3, -0.25) is 4.68 Å². The molecule has 0 aromatic carbocycles. The van der Waals surface area contributed by atoms with Gasteiger partial charge in [-0.25, -0.2) is 9.78 Å². The van der Waals surface area contributed by atoms with Crippen LogP contribution in [0.1, 0.15) is 40.2 Å². The summed E-state index contributed by atoms with van der Waals surface area (Å²) in [6, 6.07) is 3.67. The lowest BCUT2D eigenvalue weighted by Gasteiger charge is -2.18. The third-order valence-corrected chi connectivity index (χ3v) is 3.89. The molecule has 0 unspecified atom stereocenters. The molecule has 0 radical (unpaired) electrons. The first-order valence-electron chi connectivity index (χ1n) is 7.12. The number of nitrogens with one attached hydrogen (secondary N) is 1. The van der Waals surface area contributed by atoms with E-state index < -0.39 is 5.97 Å². The Bertz CT molecular complexity index is 678. The second-order valence-corrected chi connectivity index (χ2v) is 5.30. The highest BCUT2D eigenvalue weighted by Crippen LogP contribution is 2.25. The lowest BCUT2D eigenvalue weighted by atomic mass is 9.94. The molecule has 0 bridgehead atoms. The number of aromatic carboxylic acids is 1. The summed E-state index contributed by atoms with van der Waals surface area (Å²) < 4.78 is 1.76. The molecule has 110 valence electrons. The minimum atomic E-state index is -0.941. The molecule has 0 atom stereocenters. The van der Waals surface area contributed by atoms with Gasteiger partial charge in [0, 0.05) is 18.9 Å². The van der Waals surface area contributed by atoms with Crippen molar-refractivity contribution in [3.63, 3.8) is 0 Å². The van der Waals surface area contributed by atoms with Crippen molar-refractivity contribution in [2.45, 2.75) is 32.2 Å². The van der Waals surface area contributed by atoms with E-state index in [0.29, 0.717) is 12.4 Å². The van der Waals surface area contributed by atoms with Gasteiger partial charge in [0.05, 0.1) is 12.2 Å². The number of carbonyl (C=O) groups is 1. The highest BCUT2D eigenvalue weighted by Gasteiger charge is 2.18. The number of fused-ring (bicyclic) bond motifs is 1. The van der Waals surface area contributed by atoms with E-state index in [1.165, 1.54) is 0 Å². The largest absolute Gasteiger partial charge is 0.478 e. The number of rotatable bonds is 4. The Labute approximate surface area is 122 Å². The smallest absolute Gasteiger partial charge is 0.339 e. The van der Waals surface area contributed by atoms with Gasteiger partial charge in [-0.05, 0) is 43.4 Å². The summed E-state index contributed by atoms with van der Waals surface area (Å²) in [6.07, 6.45) is 5.79. The number of hydrogen-bond acceptors (Lipinski definition) is 4. The molecule has 0 saturated carbocycles. The van der Waals surface area contributed by atoms with Crippen molar-refractivity contribution in [2.24, 2.45) is 7.05 Å². The van der Waals surface area contributed by atoms with Crippen LogP contribution >= 0.6 is 0 Å². The zero-order valence-corrected chi connectivity index (χ0v) is 12.0. The van der Waals surface area contributed by atoms with Crippen LogP contribution in [0.15, 0.2) is 18.3 Å². The molecule has 1 aliphatic carbocycles. The second kappa shape index (κ2) is 5.55. The molecular formula is C15H18N4O2. The summed E-state index contributed by atoms with van der Waals surface area (Å²) in [7, 11) is 1.86. The summed E-state index contributed by atoms with van der Waals surface area (Å²) in [6.45, 7) is 0.503. The molecule has 3 rings (SSSR count). The minimum absolute atomic E-state index is 0.248. The van der Waals surface area contributed by atoms with E-state index in [2.05, 4.69) is 15.4 Å². The Morgan fingerprint density at radius 3 is 2.95 bits per heavy atom. The van der Waals surface area contributed by atoms with Gasteiger partial charge in [0.25, 0.3) is 0 Å². The average molecular weight is 286 g/mol. The van der Waals surface area contributed by atoms with E-state index >= 15 is 0 Å². The third kappa shape index (κ3) is 2.74. The molecule has 0 amide bonds. The summed E-state index contributed by atoms with van der Waals surface area (Å²) in [4.78, 5) is 16.0. The van der Waals surface area contributed by atoms with E-state index in [9.17, 15) is 9.90 Å². The van der Waals surface area contributed by atoms with E-state index in [4.69, 9.17) is 0 Å². The fraction of sp³-hybridized carbons (Fsp3) is 0.400. The number of aryl methyl sites for hydroxylation is 3. The van der Waals surface area contributed by atoms with E-state index in [-0.39, 0.29) is 5.56 Å².